The molecule has 0 aliphatic rings. The van der Waals surface area contributed by atoms with Crippen molar-refractivity contribution in [3.63, 3.8) is 0 Å². The minimum Gasteiger partial charge on any atom is -0.349 e. The van der Waals surface area contributed by atoms with Gasteiger partial charge in [-0.15, -0.1) is 0 Å². The minimum atomic E-state index is -0.320. The summed E-state index contributed by atoms with van der Waals surface area (Å²) in [5.74, 6) is 0.241. The molecule has 0 bridgehead atoms. The first-order valence-corrected chi connectivity index (χ1v) is 5.42. The summed E-state index contributed by atoms with van der Waals surface area (Å²) < 4.78 is 0. The third kappa shape index (κ3) is 3.66. The molecule has 3 heteroatoms. The second-order valence-electron chi connectivity index (χ2n) is 4.51. The van der Waals surface area contributed by atoms with E-state index in [0.29, 0.717) is 0 Å². The Hall–Kier alpha value is -0.570. The molecule has 0 fully saturated rings. The van der Waals surface area contributed by atoms with E-state index in [1.807, 2.05) is 34.6 Å². The fourth-order valence-corrected chi connectivity index (χ4v) is 1.19. The molecule has 0 rings (SSSR count). The number of hydrogen-bond donors (Lipinski definition) is 2. The van der Waals surface area contributed by atoms with Crippen molar-refractivity contribution in [2.24, 2.45) is 11.7 Å². The predicted octanol–water partition coefficient (Wildman–Crippen LogP) is 1.66. The average Bonchev–Trinajstić information content (AvgIpc) is 2.05. The molecule has 0 heterocycles. The number of nitrogens with one attached hydrogen (secondary N) is 1. The van der Waals surface area contributed by atoms with E-state index >= 15 is 0 Å². The summed E-state index contributed by atoms with van der Waals surface area (Å²) in [5.41, 5.74) is 5.47. The molecular formula is C11H24N2O. The third-order valence-corrected chi connectivity index (χ3v) is 2.94. The van der Waals surface area contributed by atoms with Gasteiger partial charge >= 0.3 is 0 Å². The highest BCUT2D eigenvalue weighted by atomic mass is 16.2. The van der Waals surface area contributed by atoms with E-state index in [-0.39, 0.29) is 23.4 Å². The van der Waals surface area contributed by atoms with Crippen molar-refractivity contribution in [1.82, 2.24) is 5.32 Å². The van der Waals surface area contributed by atoms with Gasteiger partial charge in [-0.3, -0.25) is 4.79 Å². The summed E-state index contributed by atoms with van der Waals surface area (Å²) in [5, 5.41) is 2.99. The van der Waals surface area contributed by atoms with Crippen LogP contribution in [0, 0.1) is 5.92 Å². The first-order chi connectivity index (χ1) is 6.35. The van der Waals surface area contributed by atoms with Crippen molar-refractivity contribution in [1.29, 1.82) is 0 Å². The number of amides is 1. The fourth-order valence-electron chi connectivity index (χ4n) is 1.19. The van der Waals surface area contributed by atoms with E-state index in [1.54, 1.807) is 0 Å². The maximum absolute atomic E-state index is 11.8. The Balaban J connectivity index is 4.30. The Morgan fingerprint density at radius 2 is 1.79 bits per heavy atom. The van der Waals surface area contributed by atoms with Crippen LogP contribution in [0.2, 0.25) is 0 Å². The molecule has 84 valence electrons. The molecule has 1 unspecified atom stereocenters. The van der Waals surface area contributed by atoms with Crippen molar-refractivity contribution in [2.75, 3.05) is 0 Å². The van der Waals surface area contributed by atoms with Crippen LogP contribution in [0.1, 0.15) is 47.5 Å². The van der Waals surface area contributed by atoms with E-state index < -0.39 is 0 Å². The van der Waals surface area contributed by atoms with E-state index in [9.17, 15) is 4.79 Å². The molecule has 0 radical (unpaired) electrons. The first-order valence-electron chi connectivity index (χ1n) is 5.42. The van der Waals surface area contributed by atoms with Crippen molar-refractivity contribution in [2.45, 2.75) is 59.0 Å². The van der Waals surface area contributed by atoms with Gasteiger partial charge in [-0.2, -0.15) is 0 Å². The first kappa shape index (κ1) is 13.4. The second kappa shape index (κ2) is 5.35. The maximum atomic E-state index is 11.8. The molecule has 1 amide bonds. The van der Waals surface area contributed by atoms with E-state index in [2.05, 4.69) is 5.32 Å². The zero-order valence-corrected chi connectivity index (χ0v) is 10.1. The van der Waals surface area contributed by atoms with E-state index in [4.69, 9.17) is 5.73 Å². The molecular weight excluding hydrogens is 176 g/mol. The zero-order valence-electron chi connectivity index (χ0n) is 10.1. The molecule has 0 aromatic rings. The molecule has 14 heavy (non-hydrogen) atoms. The van der Waals surface area contributed by atoms with Crippen molar-refractivity contribution in [3.8, 4) is 0 Å². The maximum Gasteiger partial charge on any atom is 0.223 e. The molecule has 0 saturated heterocycles. The van der Waals surface area contributed by atoms with Crippen molar-refractivity contribution in [3.05, 3.63) is 0 Å². The van der Waals surface area contributed by atoms with Gasteiger partial charge in [-0.1, -0.05) is 13.8 Å². The summed E-state index contributed by atoms with van der Waals surface area (Å²) in [6.07, 6.45) is 1.77. The van der Waals surface area contributed by atoms with Crippen LogP contribution in [0.4, 0.5) is 0 Å². The molecule has 3 N–H and O–H groups in total. The van der Waals surface area contributed by atoms with Crippen LogP contribution < -0.4 is 11.1 Å². The minimum absolute atomic E-state index is 0.0409. The fraction of sp³-hybridized carbons (Fsp3) is 0.909. The molecule has 0 aliphatic heterocycles. The van der Waals surface area contributed by atoms with Gasteiger partial charge < -0.3 is 11.1 Å². The third-order valence-electron chi connectivity index (χ3n) is 2.94. The smallest absolute Gasteiger partial charge is 0.223 e. The highest BCUT2D eigenvalue weighted by Crippen LogP contribution is 2.12. The summed E-state index contributed by atoms with van der Waals surface area (Å²) >= 11 is 0. The highest BCUT2D eigenvalue weighted by molar-refractivity contribution is 5.79. The van der Waals surface area contributed by atoms with Gasteiger partial charge in [0.25, 0.3) is 0 Å². The quantitative estimate of drug-likeness (QED) is 0.709. The molecule has 0 aromatic carbocycles. The lowest BCUT2D eigenvalue weighted by Gasteiger charge is -2.31. The van der Waals surface area contributed by atoms with E-state index in [0.717, 1.165) is 12.8 Å². The van der Waals surface area contributed by atoms with Crippen LogP contribution in [0.3, 0.4) is 0 Å². The van der Waals surface area contributed by atoms with Gasteiger partial charge in [0.2, 0.25) is 5.91 Å². The Kier molecular flexibility index (Phi) is 5.13. The highest BCUT2D eigenvalue weighted by Gasteiger charge is 2.27. The summed E-state index contributed by atoms with van der Waals surface area (Å²) in [7, 11) is 0. The van der Waals surface area contributed by atoms with E-state index in [1.165, 1.54) is 0 Å². The van der Waals surface area contributed by atoms with Gasteiger partial charge in [-0.25, -0.2) is 0 Å². The van der Waals surface area contributed by atoms with Crippen LogP contribution in [-0.2, 0) is 4.79 Å². The lowest BCUT2D eigenvalue weighted by Crippen LogP contribution is -2.55. The number of nitrogens with two attached hydrogens (primary N) is 1. The molecule has 0 saturated carbocycles. The number of rotatable bonds is 5. The molecule has 0 aromatic heterocycles. The zero-order chi connectivity index (χ0) is 11.4. The Labute approximate surface area is 87.4 Å². The van der Waals surface area contributed by atoms with Gasteiger partial charge in [0, 0.05) is 17.5 Å². The SMILES string of the molecule is CCC(CC)C(=O)NC(C)(C)C(C)N. The van der Waals surface area contributed by atoms with Crippen LogP contribution in [0.15, 0.2) is 0 Å². The van der Waals surface area contributed by atoms with Crippen molar-refractivity contribution >= 4 is 5.91 Å². The Morgan fingerprint density at radius 3 is 2.07 bits per heavy atom. The number of carbonyl (C=O) groups is 1. The van der Waals surface area contributed by atoms with Gasteiger partial charge in [0.15, 0.2) is 0 Å². The summed E-state index contributed by atoms with van der Waals surface area (Å²) in [6, 6.07) is -0.0409. The van der Waals surface area contributed by atoms with Crippen molar-refractivity contribution < 1.29 is 4.79 Å². The molecule has 1 atom stereocenters. The number of carbonyl (C=O) groups excluding carboxylic acids is 1. The monoisotopic (exact) mass is 200 g/mol. The largest absolute Gasteiger partial charge is 0.349 e. The van der Waals surface area contributed by atoms with Gasteiger partial charge in [-0.05, 0) is 33.6 Å². The second-order valence-corrected chi connectivity index (χ2v) is 4.51. The normalized spacial score (nSPS) is 14.2. The Bertz CT molecular complexity index is 184. The van der Waals surface area contributed by atoms with Crippen LogP contribution in [-0.4, -0.2) is 17.5 Å². The molecule has 0 spiro atoms. The Morgan fingerprint density at radius 1 is 1.36 bits per heavy atom. The molecule has 0 aliphatic carbocycles. The number of hydrogen-bond acceptors (Lipinski definition) is 2. The van der Waals surface area contributed by atoms with Gasteiger partial charge in [0.1, 0.15) is 0 Å². The predicted molar refractivity (Wildman–Crippen MR) is 59.9 cm³/mol. The van der Waals surface area contributed by atoms with Crippen LogP contribution in [0.25, 0.3) is 0 Å². The van der Waals surface area contributed by atoms with Crippen LogP contribution in [0.5, 0.6) is 0 Å². The van der Waals surface area contributed by atoms with Crippen LogP contribution >= 0.6 is 0 Å². The lowest BCUT2D eigenvalue weighted by molar-refractivity contribution is -0.127. The summed E-state index contributed by atoms with van der Waals surface area (Å²) in [6.45, 7) is 9.89. The van der Waals surface area contributed by atoms with Gasteiger partial charge in [0.05, 0.1) is 0 Å². The summed E-state index contributed by atoms with van der Waals surface area (Å²) in [4.78, 5) is 11.8. The lowest BCUT2D eigenvalue weighted by atomic mass is 9.94. The topological polar surface area (TPSA) is 55.1 Å². The standard InChI is InChI=1S/C11H24N2O/c1-6-9(7-2)10(14)13-11(4,5)8(3)12/h8-9H,6-7,12H2,1-5H3,(H,13,14). The molecule has 3 nitrogen and oxygen atoms in total. The average molecular weight is 200 g/mol.